The average Bonchev–Trinajstić information content (AvgIpc) is 3.14. The third kappa shape index (κ3) is 1.83. The van der Waals surface area contributed by atoms with Gasteiger partial charge in [0.2, 0.25) is 0 Å². The zero-order valence-electron chi connectivity index (χ0n) is 9.20. The molecule has 3 aliphatic carbocycles. The van der Waals surface area contributed by atoms with E-state index < -0.39 is 0 Å². The summed E-state index contributed by atoms with van der Waals surface area (Å²) in [6.45, 7) is 0. The molecule has 0 saturated heterocycles. The van der Waals surface area contributed by atoms with E-state index in [1.165, 1.54) is 31.3 Å². The van der Waals surface area contributed by atoms with E-state index in [-0.39, 0.29) is 0 Å². The average molecular weight is 201 g/mol. The van der Waals surface area contributed by atoms with Crippen molar-refractivity contribution < 1.29 is 4.42 Å². The van der Waals surface area contributed by atoms with Gasteiger partial charge in [-0.3, -0.25) is 4.42 Å². The van der Waals surface area contributed by atoms with Crippen molar-refractivity contribution in [3.63, 3.8) is 0 Å². The van der Waals surface area contributed by atoms with Crippen molar-refractivity contribution in [1.29, 1.82) is 0 Å². The maximum Gasteiger partial charge on any atom is 0.343 e. The van der Waals surface area contributed by atoms with Crippen LogP contribution in [0.2, 0.25) is 0 Å². The second-order valence-corrected chi connectivity index (χ2v) is 4.73. The number of hydrogen-bond donors (Lipinski definition) is 0. The van der Waals surface area contributed by atoms with Crippen LogP contribution >= 0.6 is 0 Å². The molecule has 0 aromatic heterocycles. The molecule has 78 valence electrons. The smallest absolute Gasteiger partial charge is 0.258 e. The van der Waals surface area contributed by atoms with Crippen LogP contribution in [0.4, 0.5) is 0 Å². The third-order valence-electron chi connectivity index (χ3n) is 3.46. The standard InChI is InChI=1S/C14H17O/c1-15-13-8-6-12(7-9-13)14(10-2-3-10)11-4-5-11/h6-11H,2-5H2,1H3/q+1. The fourth-order valence-electron chi connectivity index (χ4n) is 2.38. The fourth-order valence-corrected chi connectivity index (χ4v) is 2.38. The first-order valence-corrected chi connectivity index (χ1v) is 5.89. The van der Waals surface area contributed by atoms with Gasteiger partial charge in [-0.1, -0.05) is 5.57 Å². The number of carbonyl (C=O) groups excluding carboxylic acids is 1. The van der Waals surface area contributed by atoms with Crippen LogP contribution in [0.1, 0.15) is 25.7 Å². The second kappa shape index (κ2) is 3.48. The van der Waals surface area contributed by atoms with Crippen LogP contribution in [-0.4, -0.2) is 12.9 Å². The normalized spacial score (nSPS) is 24.6. The lowest BCUT2D eigenvalue weighted by Crippen LogP contribution is -2.00. The zero-order chi connectivity index (χ0) is 10.3. The highest BCUT2D eigenvalue weighted by Gasteiger charge is 2.37. The minimum atomic E-state index is 0.908. The van der Waals surface area contributed by atoms with Gasteiger partial charge >= 0.3 is 5.78 Å². The lowest BCUT2D eigenvalue weighted by Gasteiger charge is -2.08. The molecule has 0 aromatic carbocycles. The van der Waals surface area contributed by atoms with Gasteiger partial charge in [0.25, 0.3) is 7.11 Å². The Labute approximate surface area is 90.9 Å². The van der Waals surface area contributed by atoms with Crippen LogP contribution in [0.5, 0.6) is 0 Å². The number of hydrogen-bond acceptors (Lipinski definition) is 0. The molecule has 3 aliphatic rings. The van der Waals surface area contributed by atoms with Gasteiger partial charge in [-0.2, -0.15) is 0 Å². The van der Waals surface area contributed by atoms with E-state index in [0.29, 0.717) is 0 Å². The van der Waals surface area contributed by atoms with E-state index in [2.05, 4.69) is 24.3 Å². The van der Waals surface area contributed by atoms with Gasteiger partial charge in [-0.05, 0) is 55.2 Å². The van der Waals surface area contributed by atoms with E-state index >= 15 is 0 Å². The second-order valence-electron chi connectivity index (χ2n) is 4.73. The maximum absolute atomic E-state index is 5.19. The number of allylic oxidation sites excluding steroid dienone is 6. The van der Waals surface area contributed by atoms with Crippen LogP contribution in [0.3, 0.4) is 0 Å². The van der Waals surface area contributed by atoms with E-state index in [1.54, 1.807) is 12.7 Å². The molecular weight excluding hydrogens is 184 g/mol. The molecule has 0 spiro atoms. The van der Waals surface area contributed by atoms with Crippen molar-refractivity contribution in [2.75, 3.05) is 7.11 Å². The molecule has 2 fully saturated rings. The first-order valence-electron chi connectivity index (χ1n) is 5.89. The van der Waals surface area contributed by atoms with Crippen LogP contribution < -0.4 is 0 Å². The summed E-state index contributed by atoms with van der Waals surface area (Å²) in [7, 11) is 1.72. The van der Waals surface area contributed by atoms with Gasteiger partial charge < -0.3 is 0 Å². The highest BCUT2D eigenvalue weighted by Crippen LogP contribution is 2.50. The minimum Gasteiger partial charge on any atom is -0.258 e. The third-order valence-corrected chi connectivity index (χ3v) is 3.46. The summed E-state index contributed by atoms with van der Waals surface area (Å²) in [5.74, 6) is 2.78. The summed E-state index contributed by atoms with van der Waals surface area (Å²) in [6, 6.07) is 0. The lowest BCUT2D eigenvalue weighted by atomic mass is 9.95. The van der Waals surface area contributed by atoms with Crippen molar-refractivity contribution in [3.05, 3.63) is 35.5 Å². The molecule has 15 heavy (non-hydrogen) atoms. The first-order chi connectivity index (χ1) is 7.38. The highest BCUT2D eigenvalue weighted by atomic mass is 16.4. The predicted octanol–water partition coefficient (Wildman–Crippen LogP) is 2.96. The van der Waals surface area contributed by atoms with Crippen LogP contribution in [0.25, 0.3) is 0 Å². The Kier molecular flexibility index (Phi) is 2.12. The lowest BCUT2D eigenvalue weighted by molar-refractivity contribution is -0.417. The van der Waals surface area contributed by atoms with Crippen LogP contribution in [0.15, 0.2) is 35.5 Å². The Hall–Kier alpha value is -1.11. The molecule has 0 unspecified atom stereocenters. The fraction of sp³-hybridized carbons (Fsp3) is 0.500. The molecule has 3 rings (SSSR count). The van der Waals surface area contributed by atoms with Gasteiger partial charge in [0, 0.05) is 12.2 Å². The summed E-state index contributed by atoms with van der Waals surface area (Å²) in [5, 5.41) is 0. The topological polar surface area (TPSA) is 11.3 Å². The molecule has 1 nitrogen and oxygen atoms in total. The monoisotopic (exact) mass is 201 g/mol. The molecule has 0 bridgehead atoms. The molecule has 2 saturated carbocycles. The quantitative estimate of drug-likeness (QED) is 0.609. The molecule has 1 heteroatoms. The Bertz CT molecular complexity index is 356. The van der Waals surface area contributed by atoms with Gasteiger partial charge in [-0.25, -0.2) is 0 Å². The van der Waals surface area contributed by atoms with Crippen molar-refractivity contribution in [3.8, 4) is 0 Å². The van der Waals surface area contributed by atoms with Crippen LogP contribution in [-0.2, 0) is 4.42 Å². The summed E-state index contributed by atoms with van der Waals surface area (Å²) >= 11 is 0. The summed E-state index contributed by atoms with van der Waals surface area (Å²) in [4.78, 5) is 0. The molecular formula is C14H17O+. The maximum atomic E-state index is 5.19. The molecule has 0 amide bonds. The van der Waals surface area contributed by atoms with E-state index in [4.69, 9.17) is 4.42 Å². The summed E-state index contributed by atoms with van der Waals surface area (Å²) in [6.07, 6.45) is 14.3. The van der Waals surface area contributed by atoms with Crippen molar-refractivity contribution in [1.82, 2.24) is 0 Å². The van der Waals surface area contributed by atoms with Crippen LogP contribution in [0, 0.1) is 11.8 Å². The van der Waals surface area contributed by atoms with Crippen molar-refractivity contribution in [2.24, 2.45) is 11.8 Å². The largest absolute Gasteiger partial charge is 0.343 e. The van der Waals surface area contributed by atoms with Gasteiger partial charge in [0.15, 0.2) is 0 Å². The molecule has 0 heterocycles. The Morgan fingerprint density at radius 2 is 1.53 bits per heavy atom. The number of ketones is 1. The van der Waals surface area contributed by atoms with Gasteiger partial charge in [-0.15, -0.1) is 0 Å². The first kappa shape index (κ1) is 9.14. The Balaban J connectivity index is 1.91. The number of rotatable bonds is 2. The van der Waals surface area contributed by atoms with Crippen molar-refractivity contribution >= 4 is 5.78 Å². The summed E-state index contributed by atoms with van der Waals surface area (Å²) in [5.41, 5.74) is 3.19. The molecule has 0 atom stereocenters. The van der Waals surface area contributed by atoms with Gasteiger partial charge in [0.1, 0.15) is 0 Å². The van der Waals surface area contributed by atoms with E-state index in [0.717, 1.165) is 17.6 Å². The Morgan fingerprint density at radius 3 is 1.93 bits per heavy atom. The SMILES string of the molecule is C[O+]=C1C=CC(=C(C2CC2)C2CC2)C=C1. The predicted molar refractivity (Wildman–Crippen MR) is 61.7 cm³/mol. The molecule has 0 aromatic rings. The molecule has 0 N–H and O–H groups in total. The molecule has 0 aliphatic heterocycles. The van der Waals surface area contributed by atoms with E-state index in [9.17, 15) is 0 Å². The van der Waals surface area contributed by atoms with Gasteiger partial charge in [0.05, 0.1) is 0 Å². The zero-order valence-corrected chi connectivity index (χ0v) is 9.20. The Morgan fingerprint density at radius 1 is 1.00 bits per heavy atom. The minimum absolute atomic E-state index is 0.908. The summed E-state index contributed by atoms with van der Waals surface area (Å²) < 4.78 is 5.19. The molecule has 0 radical (unpaired) electrons. The van der Waals surface area contributed by atoms with E-state index in [1.807, 2.05) is 0 Å². The van der Waals surface area contributed by atoms with Crippen molar-refractivity contribution in [2.45, 2.75) is 25.7 Å². The highest BCUT2D eigenvalue weighted by molar-refractivity contribution is 6.01.